The lowest BCUT2D eigenvalue weighted by atomic mass is 9.87. The summed E-state index contributed by atoms with van der Waals surface area (Å²) in [5.41, 5.74) is 1.48. The maximum absolute atomic E-state index is 12.2. The number of aryl methyl sites for hydroxylation is 1. The van der Waals surface area contributed by atoms with Crippen LogP contribution < -0.4 is 5.32 Å². The third-order valence-electron chi connectivity index (χ3n) is 4.20. The summed E-state index contributed by atoms with van der Waals surface area (Å²) in [6.45, 7) is 2.02. The Morgan fingerprint density at radius 2 is 2.19 bits per heavy atom. The molecular weight excluding hydrogens is 264 g/mol. The summed E-state index contributed by atoms with van der Waals surface area (Å²) < 4.78 is 1.73. The minimum absolute atomic E-state index is 0.0936. The molecule has 0 bridgehead atoms. The van der Waals surface area contributed by atoms with E-state index in [1.165, 1.54) is 32.1 Å². The Morgan fingerprint density at radius 3 is 2.95 bits per heavy atom. The Labute approximate surface area is 124 Å². The van der Waals surface area contributed by atoms with Crippen molar-refractivity contribution in [2.45, 2.75) is 51.9 Å². The van der Waals surface area contributed by atoms with Crippen molar-refractivity contribution in [1.82, 2.24) is 14.6 Å². The molecule has 0 aromatic carbocycles. The fourth-order valence-electron chi connectivity index (χ4n) is 3.05. The minimum Gasteiger partial charge on any atom is -0.323 e. The van der Waals surface area contributed by atoms with Gasteiger partial charge in [-0.25, -0.2) is 9.50 Å². The molecule has 0 unspecified atom stereocenters. The molecule has 2 aromatic rings. The van der Waals surface area contributed by atoms with Gasteiger partial charge in [0.1, 0.15) is 0 Å². The zero-order valence-electron chi connectivity index (χ0n) is 12.5. The Bertz CT molecular complexity index is 628. The van der Waals surface area contributed by atoms with E-state index in [1.807, 2.05) is 25.3 Å². The topological polar surface area (TPSA) is 59.3 Å². The number of rotatable bonds is 4. The van der Waals surface area contributed by atoms with Crippen LogP contribution in [-0.2, 0) is 11.2 Å². The summed E-state index contributed by atoms with van der Waals surface area (Å²) in [7, 11) is 0. The standard InChI is InChI=1S/C16H22N4O/c1-2-14-18-16-13(9-6-10-20(16)19-14)17-15(21)11-12-7-4-3-5-8-12/h6,9-10,12H,2-5,7-8,11H2,1H3,(H,17,21). The first-order chi connectivity index (χ1) is 10.3. The molecule has 1 aliphatic carbocycles. The molecule has 112 valence electrons. The lowest BCUT2D eigenvalue weighted by Gasteiger charge is -2.20. The number of fused-ring (bicyclic) bond motifs is 1. The molecule has 2 heterocycles. The predicted molar refractivity (Wildman–Crippen MR) is 82.2 cm³/mol. The van der Waals surface area contributed by atoms with E-state index in [1.54, 1.807) is 4.52 Å². The summed E-state index contributed by atoms with van der Waals surface area (Å²) in [6.07, 6.45) is 9.47. The fourth-order valence-corrected chi connectivity index (χ4v) is 3.05. The van der Waals surface area contributed by atoms with Crippen LogP contribution in [0.1, 0.15) is 51.3 Å². The molecule has 1 N–H and O–H groups in total. The maximum Gasteiger partial charge on any atom is 0.224 e. The van der Waals surface area contributed by atoms with Crippen LogP contribution in [0, 0.1) is 5.92 Å². The molecule has 0 aliphatic heterocycles. The molecule has 3 rings (SSSR count). The van der Waals surface area contributed by atoms with E-state index in [2.05, 4.69) is 15.4 Å². The van der Waals surface area contributed by atoms with E-state index in [4.69, 9.17) is 0 Å². The molecule has 0 spiro atoms. The molecule has 0 saturated heterocycles. The van der Waals surface area contributed by atoms with Crippen LogP contribution in [0.5, 0.6) is 0 Å². The highest BCUT2D eigenvalue weighted by Gasteiger charge is 2.18. The van der Waals surface area contributed by atoms with Crippen molar-refractivity contribution in [3.8, 4) is 0 Å². The van der Waals surface area contributed by atoms with Gasteiger partial charge in [0, 0.05) is 19.0 Å². The Morgan fingerprint density at radius 1 is 1.38 bits per heavy atom. The molecule has 21 heavy (non-hydrogen) atoms. The van der Waals surface area contributed by atoms with Crippen LogP contribution in [0.15, 0.2) is 18.3 Å². The van der Waals surface area contributed by atoms with Crippen molar-refractivity contribution in [3.05, 3.63) is 24.2 Å². The second-order valence-corrected chi connectivity index (χ2v) is 5.83. The number of carbonyl (C=O) groups is 1. The van der Waals surface area contributed by atoms with Gasteiger partial charge >= 0.3 is 0 Å². The third-order valence-corrected chi connectivity index (χ3v) is 4.20. The number of hydrogen-bond acceptors (Lipinski definition) is 3. The molecule has 1 amide bonds. The first-order valence-corrected chi connectivity index (χ1v) is 7.90. The number of nitrogens with zero attached hydrogens (tertiary/aromatic N) is 3. The van der Waals surface area contributed by atoms with Gasteiger partial charge < -0.3 is 5.32 Å². The van der Waals surface area contributed by atoms with Crippen molar-refractivity contribution in [2.75, 3.05) is 5.32 Å². The van der Waals surface area contributed by atoms with Gasteiger partial charge in [-0.05, 0) is 30.9 Å². The third kappa shape index (κ3) is 3.23. The summed E-state index contributed by atoms with van der Waals surface area (Å²) >= 11 is 0. The minimum atomic E-state index is 0.0936. The molecular formula is C16H22N4O. The number of hydrogen-bond donors (Lipinski definition) is 1. The van der Waals surface area contributed by atoms with Gasteiger partial charge in [-0.15, -0.1) is 0 Å². The van der Waals surface area contributed by atoms with E-state index in [0.717, 1.165) is 23.6 Å². The Kier molecular flexibility index (Phi) is 4.18. The summed E-state index contributed by atoms with van der Waals surface area (Å²) in [6, 6.07) is 3.78. The molecule has 1 saturated carbocycles. The van der Waals surface area contributed by atoms with Crippen molar-refractivity contribution in [1.29, 1.82) is 0 Å². The summed E-state index contributed by atoms with van der Waals surface area (Å²) in [5, 5.41) is 7.38. The monoisotopic (exact) mass is 286 g/mol. The average molecular weight is 286 g/mol. The van der Waals surface area contributed by atoms with E-state index in [9.17, 15) is 4.79 Å². The second-order valence-electron chi connectivity index (χ2n) is 5.83. The Hall–Kier alpha value is -1.91. The summed E-state index contributed by atoms with van der Waals surface area (Å²) in [5.74, 6) is 1.43. The van der Waals surface area contributed by atoms with Gasteiger partial charge in [0.15, 0.2) is 11.5 Å². The molecule has 1 aliphatic rings. The molecule has 5 nitrogen and oxygen atoms in total. The van der Waals surface area contributed by atoms with E-state index in [0.29, 0.717) is 12.3 Å². The van der Waals surface area contributed by atoms with Crippen LogP contribution in [0.2, 0.25) is 0 Å². The van der Waals surface area contributed by atoms with Crippen molar-refractivity contribution < 1.29 is 4.79 Å². The van der Waals surface area contributed by atoms with Gasteiger partial charge in [-0.3, -0.25) is 4.79 Å². The van der Waals surface area contributed by atoms with Crippen LogP contribution in [0.3, 0.4) is 0 Å². The van der Waals surface area contributed by atoms with Crippen LogP contribution in [0.4, 0.5) is 5.69 Å². The number of pyridine rings is 1. The zero-order valence-corrected chi connectivity index (χ0v) is 12.5. The van der Waals surface area contributed by atoms with Crippen molar-refractivity contribution >= 4 is 17.2 Å². The first kappa shape index (κ1) is 14.0. The molecule has 1 fully saturated rings. The first-order valence-electron chi connectivity index (χ1n) is 7.90. The maximum atomic E-state index is 12.2. The molecule has 5 heteroatoms. The van der Waals surface area contributed by atoms with Crippen LogP contribution >= 0.6 is 0 Å². The SMILES string of the molecule is CCc1nc2c(NC(=O)CC3CCCCC3)cccn2n1. The van der Waals surface area contributed by atoms with Crippen LogP contribution in [0.25, 0.3) is 5.65 Å². The quantitative estimate of drug-likeness (QED) is 0.939. The lowest BCUT2D eigenvalue weighted by molar-refractivity contribution is -0.117. The zero-order chi connectivity index (χ0) is 14.7. The highest BCUT2D eigenvalue weighted by atomic mass is 16.1. The molecule has 0 atom stereocenters. The average Bonchev–Trinajstić information content (AvgIpc) is 2.92. The van der Waals surface area contributed by atoms with Gasteiger partial charge in [-0.1, -0.05) is 26.2 Å². The van der Waals surface area contributed by atoms with Gasteiger partial charge in [0.2, 0.25) is 5.91 Å². The number of anilines is 1. The van der Waals surface area contributed by atoms with Gasteiger partial charge in [0.25, 0.3) is 0 Å². The fraction of sp³-hybridized carbons (Fsp3) is 0.562. The van der Waals surface area contributed by atoms with Crippen molar-refractivity contribution in [3.63, 3.8) is 0 Å². The lowest BCUT2D eigenvalue weighted by Crippen LogP contribution is -2.18. The number of amides is 1. The highest BCUT2D eigenvalue weighted by Crippen LogP contribution is 2.26. The molecule has 0 radical (unpaired) electrons. The predicted octanol–water partition coefficient (Wildman–Crippen LogP) is 3.20. The molecule has 2 aromatic heterocycles. The number of nitrogens with one attached hydrogen (secondary N) is 1. The van der Waals surface area contributed by atoms with Crippen molar-refractivity contribution in [2.24, 2.45) is 5.92 Å². The Balaban J connectivity index is 1.71. The highest BCUT2D eigenvalue weighted by molar-refractivity contribution is 5.94. The summed E-state index contributed by atoms with van der Waals surface area (Å²) in [4.78, 5) is 16.7. The van der Waals surface area contributed by atoms with Crippen LogP contribution in [-0.4, -0.2) is 20.5 Å². The second kappa shape index (κ2) is 6.24. The van der Waals surface area contributed by atoms with Gasteiger partial charge in [-0.2, -0.15) is 5.10 Å². The largest absolute Gasteiger partial charge is 0.323 e. The van der Waals surface area contributed by atoms with E-state index in [-0.39, 0.29) is 5.91 Å². The number of aromatic nitrogens is 3. The van der Waals surface area contributed by atoms with E-state index < -0.39 is 0 Å². The smallest absolute Gasteiger partial charge is 0.224 e. The van der Waals surface area contributed by atoms with Gasteiger partial charge in [0.05, 0.1) is 5.69 Å². The van der Waals surface area contributed by atoms with E-state index >= 15 is 0 Å². The number of carbonyl (C=O) groups excluding carboxylic acids is 1. The normalized spacial score (nSPS) is 16.2.